The Balaban J connectivity index is 2.29. The smallest absolute Gasteiger partial charge is 0.255 e. The maximum atomic E-state index is 14.2. The van der Waals surface area contributed by atoms with Gasteiger partial charge in [0.25, 0.3) is 5.91 Å². The molecule has 0 saturated carbocycles. The number of hydrogen-bond donors (Lipinski definition) is 1. The Kier molecular flexibility index (Phi) is 7.17. The van der Waals surface area contributed by atoms with Crippen LogP contribution in [-0.4, -0.2) is 52.8 Å². The van der Waals surface area contributed by atoms with Crippen molar-refractivity contribution in [3.8, 4) is 17.2 Å². The number of carbonyl (C=O) groups is 1. The average Bonchev–Trinajstić information content (AvgIpc) is 2.68. The summed E-state index contributed by atoms with van der Waals surface area (Å²) in [6, 6.07) is 6.09. The maximum absolute atomic E-state index is 14.2. The molecule has 1 N–H and O–H groups in total. The van der Waals surface area contributed by atoms with E-state index in [2.05, 4.69) is 5.32 Å². The van der Waals surface area contributed by atoms with Gasteiger partial charge in [-0.25, -0.2) is 8.78 Å². The normalized spacial score (nSPS) is 11.9. The highest BCUT2D eigenvalue weighted by molar-refractivity contribution is 5.98. The summed E-state index contributed by atoms with van der Waals surface area (Å²) in [5, 5.41) is 2.71. The van der Waals surface area contributed by atoms with E-state index in [1.54, 1.807) is 25.1 Å². The molecule has 0 bridgehead atoms. The number of nitrogens with one attached hydrogen (secondary N) is 1. The number of benzene rings is 2. The number of ether oxygens (including phenoxy) is 3. The second-order valence-electron chi connectivity index (χ2n) is 6.21. The molecule has 28 heavy (non-hydrogen) atoms. The van der Waals surface area contributed by atoms with Crippen LogP contribution in [0.1, 0.15) is 22.0 Å². The fourth-order valence-electron chi connectivity index (χ4n) is 2.94. The molecule has 2 aromatic rings. The summed E-state index contributed by atoms with van der Waals surface area (Å²) in [6.07, 6.45) is 0. The van der Waals surface area contributed by atoms with E-state index in [1.165, 1.54) is 45.6 Å². The Labute approximate surface area is 163 Å². The summed E-state index contributed by atoms with van der Waals surface area (Å²) < 4.78 is 44.1. The number of nitrogens with zero attached hydrogens (tertiary/aromatic N) is 1. The molecule has 2 aromatic carbocycles. The molecule has 0 spiro atoms. The summed E-state index contributed by atoms with van der Waals surface area (Å²) in [7, 11) is 7.68. The van der Waals surface area contributed by atoms with Crippen LogP contribution in [0.3, 0.4) is 0 Å². The monoisotopic (exact) mass is 394 g/mol. The molecule has 0 fully saturated rings. The van der Waals surface area contributed by atoms with Crippen LogP contribution < -0.4 is 19.5 Å². The van der Waals surface area contributed by atoms with Crippen LogP contribution in [0.15, 0.2) is 30.3 Å². The van der Waals surface area contributed by atoms with E-state index in [1.807, 2.05) is 0 Å². The van der Waals surface area contributed by atoms with Crippen LogP contribution >= 0.6 is 0 Å². The highest BCUT2D eigenvalue weighted by Crippen LogP contribution is 2.39. The third-order valence-corrected chi connectivity index (χ3v) is 4.36. The first-order valence-corrected chi connectivity index (χ1v) is 8.53. The van der Waals surface area contributed by atoms with Gasteiger partial charge in [-0.15, -0.1) is 0 Å². The molecule has 0 aromatic heterocycles. The van der Waals surface area contributed by atoms with E-state index >= 15 is 0 Å². The molecule has 0 radical (unpaired) electrons. The van der Waals surface area contributed by atoms with Gasteiger partial charge >= 0.3 is 0 Å². The molecule has 8 heteroatoms. The molecular formula is C20H24F2N2O4. The predicted octanol–water partition coefficient (Wildman–Crippen LogP) is 3.02. The molecule has 1 amide bonds. The Morgan fingerprint density at radius 3 is 2.11 bits per heavy atom. The Morgan fingerprint density at radius 2 is 1.61 bits per heavy atom. The van der Waals surface area contributed by atoms with Crippen molar-refractivity contribution < 1.29 is 27.8 Å². The van der Waals surface area contributed by atoms with Crippen LogP contribution in [0.5, 0.6) is 17.2 Å². The number of carbonyl (C=O) groups excluding carboxylic acids is 1. The van der Waals surface area contributed by atoms with Gasteiger partial charge in [-0.3, -0.25) is 4.79 Å². The van der Waals surface area contributed by atoms with Gasteiger partial charge in [0, 0.05) is 12.1 Å². The van der Waals surface area contributed by atoms with E-state index in [-0.39, 0.29) is 29.2 Å². The fraction of sp³-hybridized carbons (Fsp3) is 0.350. The molecule has 2 rings (SSSR count). The summed E-state index contributed by atoms with van der Waals surface area (Å²) in [5.41, 5.74) is 0.110. The van der Waals surface area contributed by atoms with Gasteiger partial charge < -0.3 is 24.4 Å². The lowest BCUT2D eigenvalue weighted by Crippen LogP contribution is -2.35. The van der Waals surface area contributed by atoms with Crippen LogP contribution in [0, 0.1) is 11.6 Å². The third kappa shape index (κ3) is 4.33. The first-order chi connectivity index (χ1) is 13.3. The third-order valence-electron chi connectivity index (χ3n) is 4.36. The first kappa shape index (κ1) is 21.4. The highest BCUT2D eigenvalue weighted by atomic mass is 19.1. The van der Waals surface area contributed by atoms with Crippen molar-refractivity contribution >= 4 is 5.91 Å². The number of amides is 1. The van der Waals surface area contributed by atoms with Crippen LogP contribution in [0.25, 0.3) is 0 Å². The molecule has 1 atom stereocenters. The van der Waals surface area contributed by atoms with E-state index < -0.39 is 23.6 Å². The Morgan fingerprint density at radius 1 is 1.00 bits per heavy atom. The summed E-state index contributed by atoms with van der Waals surface area (Å²) >= 11 is 0. The number of halogens is 2. The zero-order chi connectivity index (χ0) is 20.8. The van der Waals surface area contributed by atoms with Crippen LogP contribution in [-0.2, 0) is 0 Å². The lowest BCUT2D eigenvalue weighted by atomic mass is 10.0. The van der Waals surface area contributed by atoms with Crippen molar-refractivity contribution in [1.29, 1.82) is 0 Å². The van der Waals surface area contributed by atoms with E-state index in [4.69, 9.17) is 14.2 Å². The van der Waals surface area contributed by atoms with E-state index in [9.17, 15) is 13.6 Å². The zero-order valence-electron chi connectivity index (χ0n) is 16.5. The van der Waals surface area contributed by atoms with Crippen molar-refractivity contribution in [3.05, 3.63) is 53.1 Å². The maximum Gasteiger partial charge on any atom is 0.255 e. The number of hydrogen-bond acceptors (Lipinski definition) is 5. The lowest BCUT2D eigenvalue weighted by Gasteiger charge is -2.26. The molecule has 1 unspecified atom stereocenters. The van der Waals surface area contributed by atoms with Crippen molar-refractivity contribution in [2.45, 2.75) is 6.04 Å². The molecule has 0 saturated heterocycles. The molecule has 0 aliphatic rings. The second kappa shape index (κ2) is 9.36. The molecular weight excluding hydrogens is 370 g/mol. The van der Waals surface area contributed by atoms with Crippen LogP contribution in [0.4, 0.5) is 8.78 Å². The lowest BCUT2D eigenvalue weighted by molar-refractivity contribution is 0.0937. The second-order valence-corrected chi connectivity index (χ2v) is 6.21. The SMILES string of the molecule is COc1ccc(C(=O)NCC(c2c(F)cccc2F)N(C)C)c(OC)c1OC. The van der Waals surface area contributed by atoms with Gasteiger partial charge in [0.05, 0.1) is 32.9 Å². The largest absolute Gasteiger partial charge is 0.493 e. The number of likely N-dealkylation sites (N-methyl/N-ethyl adjacent to an activating group) is 1. The predicted molar refractivity (Wildman–Crippen MR) is 101 cm³/mol. The summed E-state index contributed by atoms with van der Waals surface area (Å²) in [5.74, 6) is -0.912. The quantitative estimate of drug-likeness (QED) is 0.746. The minimum Gasteiger partial charge on any atom is -0.493 e. The summed E-state index contributed by atoms with van der Waals surface area (Å²) in [6.45, 7) is -0.0127. The van der Waals surface area contributed by atoms with Crippen molar-refractivity contribution in [2.24, 2.45) is 0 Å². The Hall–Kier alpha value is -2.87. The first-order valence-electron chi connectivity index (χ1n) is 8.53. The average molecular weight is 394 g/mol. The fourth-order valence-corrected chi connectivity index (χ4v) is 2.94. The van der Waals surface area contributed by atoms with Gasteiger partial charge in [-0.1, -0.05) is 6.07 Å². The van der Waals surface area contributed by atoms with Crippen molar-refractivity contribution in [1.82, 2.24) is 10.2 Å². The van der Waals surface area contributed by atoms with Gasteiger partial charge in [0.2, 0.25) is 5.75 Å². The number of methoxy groups -OCH3 is 3. The molecule has 0 aliphatic carbocycles. The number of rotatable bonds is 8. The standard InChI is InChI=1S/C20H24F2N2O4/c1-24(2)15(17-13(21)7-6-8-14(17)22)11-23-20(25)12-9-10-16(26-3)19(28-5)18(12)27-4/h6-10,15H,11H2,1-5H3,(H,23,25). The molecule has 0 heterocycles. The van der Waals surface area contributed by atoms with E-state index in [0.29, 0.717) is 5.75 Å². The Bertz CT molecular complexity index is 823. The molecule has 0 aliphatic heterocycles. The zero-order valence-corrected chi connectivity index (χ0v) is 16.5. The topological polar surface area (TPSA) is 60.0 Å². The minimum atomic E-state index is -0.698. The highest BCUT2D eigenvalue weighted by Gasteiger charge is 2.25. The molecule has 152 valence electrons. The molecule has 6 nitrogen and oxygen atoms in total. The van der Waals surface area contributed by atoms with Gasteiger partial charge in [0.1, 0.15) is 11.6 Å². The van der Waals surface area contributed by atoms with Gasteiger partial charge in [-0.05, 0) is 38.4 Å². The van der Waals surface area contributed by atoms with Crippen molar-refractivity contribution in [3.63, 3.8) is 0 Å². The van der Waals surface area contributed by atoms with Crippen molar-refractivity contribution in [2.75, 3.05) is 42.0 Å². The van der Waals surface area contributed by atoms with Gasteiger partial charge in [-0.2, -0.15) is 0 Å². The van der Waals surface area contributed by atoms with Crippen LogP contribution in [0.2, 0.25) is 0 Å². The van der Waals surface area contributed by atoms with E-state index in [0.717, 1.165) is 0 Å². The minimum absolute atomic E-state index is 0.0127. The van der Waals surface area contributed by atoms with Gasteiger partial charge in [0.15, 0.2) is 11.5 Å². The summed E-state index contributed by atoms with van der Waals surface area (Å²) in [4.78, 5) is 14.4.